The second-order valence-electron chi connectivity index (χ2n) is 6.04. The van der Waals surface area contributed by atoms with Crippen LogP contribution in [0.5, 0.6) is 0 Å². The molecule has 1 fully saturated rings. The van der Waals surface area contributed by atoms with E-state index in [9.17, 15) is 14.7 Å². The van der Waals surface area contributed by atoms with E-state index in [0.717, 1.165) is 19.4 Å². The summed E-state index contributed by atoms with van der Waals surface area (Å²) in [6.07, 6.45) is 1.06. The van der Waals surface area contributed by atoms with Crippen molar-refractivity contribution in [2.45, 2.75) is 46.1 Å². The third-order valence-electron chi connectivity index (χ3n) is 3.45. The Kier molecular flexibility index (Phi) is 4.59. The molecule has 0 aromatic heterocycles. The fourth-order valence-electron chi connectivity index (χ4n) is 2.40. The number of rotatable bonds is 2. The Morgan fingerprint density at radius 2 is 2.00 bits per heavy atom. The third-order valence-corrected chi connectivity index (χ3v) is 3.45. The van der Waals surface area contributed by atoms with E-state index in [2.05, 4.69) is 0 Å². The lowest BCUT2D eigenvalue weighted by Gasteiger charge is -2.39. The normalized spacial score (nSPS) is 20.7. The van der Waals surface area contributed by atoms with Crippen LogP contribution >= 0.6 is 0 Å². The molecule has 0 bridgehead atoms. The molecule has 5 nitrogen and oxygen atoms in total. The molecule has 0 saturated carbocycles. The van der Waals surface area contributed by atoms with E-state index in [0.29, 0.717) is 13.1 Å². The Labute approximate surface area is 109 Å². The molecule has 0 aromatic carbocycles. The highest BCUT2D eigenvalue weighted by Gasteiger charge is 2.31. The van der Waals surface area contributed by atoms with Crippen LogP contribution in [0, 0.1) is 5.92 Å². The maximum absolute atomic E-state index is 11.4. The second-order valence-corrected chi connectivity index (χ2v) is 6.04. The first-order valence-corrected chi connectivity index (χ1v) is 6.48. The van der Waals surface area contributed by atoms with Gasteiger partial charge in [0.15, 0.2) is 0 Å². The van der Waals surface area contributed by atoms with Crippen molar-refractivity contribution in [1.82, 2.24) is 9.80 Å². The molecule has 1 N–H and O–H groups in total. The molecule has 1 heterocycles. The van der Waals surface area contributed by atoms with Gasteiger partial charge in [0, 0.05) is 32.1 Å². The summed E-state index contributed by atoms with van der Waals surface area (Å²) in [4.78, 5) is 25.9. The van der Waals surface area contributed by atoms with Crippen molar-refractivity contribution in [3.8, 4) is 0 Å². The Bertz CT molecular complexity index is 323. The van der Waals surface area contributed by atoms with Crippen molar-refractivity contribution in [1.29, 1.82) is 0 Å². The van der Waals surface area contributed by atoms with Crippen LogP contribution in [0.1, 0.15) is 40.5 Å². The van der Waals surface area contributed by atoms with E-state index in [1.165, 1.54) is 4.90 Å². The predicted octanol–water partition coefficient (Wildman–Crippen LogP) is 2.02. The smallest absolute Gasteiger partial charge is 0.407 e. The van der Waals surface area contributed by atoms with Gasteiger partial charge in [0.1, 0.15) is 0 Å². The number of hydrogen-bond acceptors (Lipinski definition) is 2. The topological polar surface area (TPSA) is 60.9 Å². The molecule has 18 heavy (non-hydrogen) atoms. The fourth-order valence-corrected chi connectivity index (χ4v) is 2.40. The maximum Gasteiger partial charge on any atom is 0.407 e. The van der Waals surface area contributed by atoms with Gasteiger partial charge < -0.3 is 14.9 Å². The zero-order valence-electron chi connectivity index (χ0n) is 11.8. The maximum atomic E-state index is 11.4. The zero-order valence-corrected chi connectivity index (χ0v) is 11.8. The van der Waals surface area contributed by atoms with Gasteiger partial charge in [0.2, 0.25) is 5.91 Å². The van der Waals surface area contributed by atoms with Crippen LogP contribution in [0.3, 0.4) is 0 Å². The summed E-state index contributed by atoms with van der Waals surface area (Å²) in [5.74, 6) is 0.329. The summed E-state index contributed by atoms with van der Waals surface area (Å²) < 4.78 is 0. The van der Waals surface area contributed by atoms with Gasteiger partial charge in [-0.05, 0) is 39.5 Å². The first-order chi connectivity index (χ1) is 8.21. The van der Waals surface area contributed by atoms with Crippen LogP contribution in [-0.4, -0.2) is 52.1 Å². The minimum atomic E-state index is -0.887. The Balaban J connectivity index is 2.64. The standard InChI is InChI=1S/C13H24N2O3/c1-10(16)14-7-5-6-11(8-14)9-15(12(17)18)13(2,3)4/h11H,5-9H2,1-4H3,(H,17,18). The van der Waals surface area contributed by atoms with Gasteiger partial charge >= 0.3 is 6.09 Å². The number of carbonyl (C=O) groups excluding carboxylic acids is 1. The highest BCUT2D eigenvalue weighted by Crippen LogP contribution is 2.22. The summed E-state index contributed by atoms with van der Waals surface area (Å²) >= 11 is 0. The molecule has 1 aliphatic rings. The fraction of sp³-hybridized carbons (Fsp3) is 0.846. The average molecular weight is 256 g/mol. The monoisotopic (exact) mass is 256 g/mol. The average Bonchev–Trinajstić information content (AvgIpc) is 2.24. The van der Waals surface area contributed by atoms with Gasteiger partial charge in [-0.1, -0.05) is 0 Å². The van der Waals surface area contributed by atoms with E-state index in [4.69, 9.17) is 0 Å². The summed E-state index contributed by atoms with van der Waals surface area (Å²) in [6, 6.07) is 0. The van der Waals surface area contributed by atoms with Gasteiger partial charge in [-0.3, -0.25) is 4.79 Å². The number of amides is 2. The first kappa shape index (κ1) is 14.8. The molecule has 1 rings (SSSR count). The Morgan fingerprint density at radius 1 is 1.39 bits per heavy atom. The number of hydrogen-bond donors (Lipinski definition) is 1. The molecule has 1 aliphatic heterocycles. The van der Waals surface area contributed by atoms with Crippen molar-refractivity contribution < 1.29 is 14.7 Å². The quantitative estimate of drug-likeness (QED) is 0.822. The SMILES string of the molecule is CC(=O)N1CCCC(CN(C(=O)O)C(C)(C)C)C1. The summed E-state index contributed by atoms with van der Waals surface area (Å²) in [6.45, 7) is 9.24. The number of nitrogens with zero attached hydrogens (tertiary/aromatic N) is 2. The Hall–Kier alpha value is -1.26. The van der Waals surface area contributed by atoms with Crippen LogP contribution < -0.4 is 0 Å². The van der Waals surface area contributed by atoms with Crippen molar-refractivity contribution in [3.05, 3.63) is 0 Å². The molecule has 0 aliphatic carbocycles. The second kappa shape index (κ2) is 5.59. The summed E-state index contributed by atoms with van der Waals surface area (Å²) in [5.41, 5.74) is -0.398. The number of likely N-dealkylation sites (tertiary alicyclic amines) is 1. The van der Waals surface area contributed by atoms with E-state index in [1.807, 2.05) is 25.7 Å². The van der Waals surface area contributed by atoms with E-state index in [-0.39, 0.29) is 11.8 Å². The Morgan fingerprint density at radius 3 is 2.44 bits per heavy atom. The minimum absolute atomic E-state index is 0.0809. The molecule has 0 aromatic rings. The van der Waals surface area contributed by atoms with E-state index in [1.54, 1.807) is 6.92 Å². The molecule has 1 unspecified atom stereocenters. The van der Waals surface area contributed by atoms with Crippen molar-refractivity contribution >= 4 is 12.0 Å². The predicted molar refractivity (Wildman–Crippen MR) is 69.5 cm³/mol. The summed E-state index contributed by atoms with van der Waals surface area (Å²) in [7, 11) is 0. The van der Waals surface area contributed by atoms with Crippen molar-refractivity contribution in [2.24, 2.45) is 5.92 Å². The molecule has 0 radical (unpaired) electrons. The first-order valence-electron chi connectivity index (χ1n) is 6.48. The van der Waals surface area contributed by atoms with Gasteiger partial charge in [-0.25, -0.2) is 4.79 Å². The molecular formula is C13H24N2O3. The van der Waals surface area contributed by atoms with Crippen LogP contribution in [0.4, 0.5) is 4.79 Å². The van der Waals surface area contributed by atoms with E-state index >= 15 is 0 Å². The number of carboxylic acid groups (broad SMARTS) is 1. The molecule has 0 spiro atoms. The lowest BCUT2D eigenvalue weighted by molar-refractivity contribution is -0.130. The number of carbonyl (C=O) groups is 2. The molecule has 5 heteroatoms. The van der Waals surface area contributed by atoms with Crippen molar-refractivity contribution in [2.75, 3.05) is 19.6 Å². The zero-order chi connectivity index (χ0) is 13.9. The third kappa shape index (κ3) is 3.89. The number of piperidine rings is 1. The molecule has 1 saturated heterocycles. The van der Waals surface area contributed by atoms with Crippen LogP contribution in [0.15, 0.2) is 0 Å². The van der Waals surface area contributed by atoms with Gasteiger partial charge in [0.25, 0.3) is 0 Å². The van der Waals surface area contributed by atoms with E-state index < -0.39 is 11.6 Å². The summed E-state index contributed by atoms with van der Waals surface area (Å²) in [5, 5.41) is 9.26. The van der Waals surface area contributed by atoms with Crippen molar-refractivity contribution in [3.63, 3.8) is 0 Å². The van der Waals surface area contributed by atoms with Crippen LogP contribution in [0.2, 0.25) is 0 Å². The molecule has 1 atom stereocenters. The molecular weight excluding hydrogens is 232 g/mol. The minimum Gasteiger partial charge on any atom is -0.465 e. The largest absolute Gasteiger partial charge is 0.465 e. The molecule has 2 amide bonds. The lowest BCUT2D eigenvalue weighted by Crippen LogP contribution is -2.50. The van der Waals surface area contributed by atoms with Gasteiger partial charge in [-0.2, -0.15) is 0 Å². The highest BCUT2D eigenvalue weighted by molar-refractivity contribution is 5.73. The molecule has 104 valence electrons. The van der Waals surface area contributed by atoms with Crippen LogP contribution in [-0.2, 0) is 4.79 Å². The lowest BCUT2D eigenvalue weighted by atomic mass is 9.95. The van der Waals surface area contributed by atoms with Crippen LogP contribution in [0.25, 0.3) is 0 Å². The van der Waals surface area contributed by atoms with Gasteiger partial charge in [0.05, 0.1) is 0 Å². The van der Waals surface area contributed by atoms with Gasteiger partial charge in [-0.15, -0.1) is 0 Å². The highest BCUT2D eigenvalue weighted by atomic mass is 16.4.